The molecule has 0 radical (unpaired) electrons. The van der Waals surface area contributed by atoms with Gasteiger partial charge in [-0.25, -0.2) is 4.39 Å². The quantitative estimate of drug-likeness (QED) is 0.760. The van der Waals surface area contributed by atoms with Gasteiger partial charge in [-0.2, -0.15) is 0 Å². The van der Waals surface area contributed by atoms with Gasteiger partial charge < -0.3 is 16.2 Å². The summed E-state index contributed by atoms with van der Waals surface area (Å²) in [6, 6.07) is 10.4. The maximum atomic E-state index is 13.6. The van der Waals surface area contributed by atoms with Gasteiger partial charge in [0.15, 0.2) is 0 Å². The molecule has 0 fully saturated rings. The summed E-state index contributed by atoms with van der Waals surface area (Å²) < 4.78 is 13.6. The Kier molecular flexibility index (Phi) is 4.77. The first-order valence-corrected chi connectivity index (χ1v) is 6.62. The van der Waals surface area contributed by atoms with Crippen LogP contribution in [0.5, 0.6) is 0 Å². The van der Waals surface area contributed by atoms with Crippen molar-refractivity contribution in [2.75, 3.05) is 12.3 Å². The Labute approximate surface area is 126 Å². The largest absolute Gasteiger partial charge is 0.399 e. The average Bonchev–Trinajstić information content (AvgIpc) is 2.45. The average molecular weight is 309 g/mol. The van der Waals surface area contributed by atoms with Gasteiger partial charge in [0.05, 0.1) is 11.7 Å². The molecule has 0 heterocycles. The van der Waals surface area contributed by atoms with Crippen molar-refractivity contribution >= 4 is 23.2 Å². The summed E-state index contributed by atoms with van der Waals surface area (Å²) in [5.41, 5.74) is 6.62. The second-order valence-electron chi connectivity index (χ2n) is 4.52. The number of anilines is 1. The number of halogens is 2. The van der Waals surface area contributed by atoms with Gasteiger partial charge in [-0.15, -0.1) is 0 Å². The number of hydrogen-bond acceptors (Lipinski definition) is 3. The van der Waals surface area contributed by atoms with Gasteiger partial charge in [0.1, 0.15) is 5.82 Å². The molecule has 1 atom stereocenters. The molecule has 0 aliphatic heterocycles. The highest BCUT2D eigenvalue weighted by Crippen LogP contribution is 2.16. The van der Waals surface area contributed by atoms with Crippen LogP contribution in [0.25, 0.3) is 0 Å². The zero-order chi connectivity index (χ0) is 15.4. The molecule has 0 bridgehead atoms. The molecule has 1 amide bonds. The van der Waals surface area contributed by atoms with Crippen molar-refractivity contribution in [1.82, 2.24) is 5.32 Å². The number of carbonyl (C=O) groups is 1. The third-order valence-electron chi connectivity index (χ3n) is 2.95. The number of nitrogen functional groups attached to an aromatic ring is 1. The zero-order valence-electron chi connectivity index (χ0n) is 11.0. The Morgan fingerprint density at radius 1 is 1.29 bits per heavy atom. The lowest BCUT2D eigenvalue weighted by Gasteiger charge is -2.13. The number of amides is 1. The fourth-order valence-electron chi connectivity index (χ4n) is 1.79. The van der Waals surface area contributed by atoms with E-state index in [1.807, 2.05) is 0 Å². The van der Waals surface area contributed by atoms with Crippen molar-refractivity contribution in [2.24, 2.45) is 0 Å². The first kappa shape index (κ1) is 15.3. The molecule has 0 saturated carbocycles. The molecule has 0 saturated heterocycles. The number of rotatable bonds is 4. The molecular formula is C15H14ClFN2O2. The number of nitrogens with one attached hydrogen (secondary N) is 1. The van der Waals surface area contributed by atoms with Crippen LogP contribution in [0.2, 0.25) is 5.02 Å². The minimum absolute atomic E-state index is 0.0369. The number of hydrogen-bond donors (Lipinski definition) is 3. The summed E-state index contributed by atoms with van der Waals surface area (Å²) in [5.74, 6) is -1.32. The van der Waals surface area contributed by atoms with Crippen molar-refractivity contribution in [2.45, 2.75) is 6.10 Å². The van der Waals surface area contributed by atoms with Gasteiger partial charge in [-0.1, -0.05) is 23.7 Å². The molecule has 2 aromatic carbocycles. The molecule has 6 heteroatoms. The molecule has 0 aromatic heterocycles. The molecule has 0 aliphatic carbocycles. The van der Waals surface area contributed by atoms with E-state index in [1.54, 1.807) is 24.3 Å². The predicted molar refractivity (Wildman–Crippen MR) is 79.6 cm³/mol. The van der Waals surface area contributed by atoms with Crippen LogP contribution in [0.3, 0.4) is 0 Å². The highest BCUT2D eigenvalue weighted by atomic mass is 35.5. The van der Waals surface area contributed by atoms with E-state index in [0.717, 1.165) is 6.07 Å². The second kappa shape index (κ2) is 6.56. The van der Waals surface area contributed by atoms with Gasteiger partial charge >= 0.3 is 0 Å². The lowest BCUT2D eigenvalue weighted by Crippen LogP contribution is -2.29. The highest BCUT2D eigenvalue weighted by Gasteiger charge is 2.14. The van der Waals surface area contributed by atoms with E-state index >= 15 is 0 Å². The van der Waals surface area contributed by atoms with E-state index in [4.69, 9.17) is 17.3 Å². The van der Waals surface area contributed by atoms with E-state index in [2.05, 4.69) is 5.32 Å². The van der Waals surface area contributed by atoms with Crippen molar-refractivity contribution in [1.29, 1.82) is 0 Å². The summed E-state index contributed by atoms with van der Waals surface area (Å²) in [5, 5.41) is 12.6. The lowest BCUT2D eigenvalue weighted by molar-refractivity contribution is 0.0912. The molecule has 4 nitrogen and oxygen atoms in total. The molecule has 21 heavy (non-hydrogen) atoms. The second-order valence-corrected chi connectivity index (χ2v) is 4.95. The van der Waals surface area contributed by atoms with E-state index in [1.165, 1.54) is 12.1 Å². The summed E-state index contributed by atoms with van der Waals surface area (Å²) >= 11 is 5.62. The van der Waals surface area contributed by atoms with Gasteiger partial charge in [0, 0.05) is 17.3 Å². The van der Waals surface area contributed by atoms with Gasteiger partial charge in [0.25, 0.3) is 5.91 Å². The molecule has 0 spiro atoms. The van der Waals surface area contributed by atoms with Gasteiger partial charge in [0.2, 0.25) is 0 Å². The van der Waals surface area contributed by atoms with Crippen molar-refractivity contribution in [3.05, 3.63) is 64.4 Å². The minimum Gasteiger partial charge on any atom is -0.399 e. The van der Waals surface area contributed by atoms with Crippen molar-refractivity contribution in [3.63, 3.8) is 0 Å². The van der Waals surface area contributed by atoms with E-state index in [0.29, 0.717) is 11.3 Å². The van der Waals surface area contributed by atoms with Crippen LogP contribution in [0.15, 0.2) is 42.5 Å². The van der Waals surface area contributed by atoms with Crippen molar-refractivity contribution in [3.8, 4) is 0 Å². The smallest absolute Gasteiger partial charge is 0.254 e. The molecule has 2 rings (SSSR count). The van der Waals surface area contributed by atoms with Crippen molar-refractivity contribution < 1.29 is 14.3 Å². The summed E-state index contributed by atoms with van der Waals surface area (Å²) in [4.78, 5) is 11.8. The zero-order valence-corrected chi connectivity index (χ0v) is 11.8. The summed E-state index contributed by atoms with van der Waals surface area (Å²) in [6.45, 7) is -0.0369. The molecule has 2 aromatic rings. The first-order valence-electron chi connectivity index (χ1n) is 6.24. The Bertz CT molecular complexity index is 647. The molecule has 1 unspecified atom stereocenters. The number of carbonyl (C=O) groups excluding carboxylic acids is 1. The third kappa shape index (κ3) is 3.93. The van der Waals surface area contributed by atoms with Crippen LogP contribution in [0, 0.1) is 5.82 Å². The summed E-state index contributed by atoms with van der Waals surface area (Å²) in [7, 11) is 0. The van der Waals surface area contributed by atoms with E-state index in [9.17, 15) is 14.3 Å². The SMILES string of the molecule is Nc1ccc(C(O)CNC(=O)c2ccc(Cl)cc2F)cc1. The van der Waals surface area contributed by atoms with Crippen LogP contribution in [0.1, 0.15) is 22.0 Å². The number of nitrogens with two attached hydrogens (primary N) is 1. The van der Waals surface area contributed by atoms with E-state index in [-0.39, 0.29) is 17.1 Å². The molecule has 110 valence electrons. The van der Waals surface area contributed by atoms with Gasteiger partial charge in [-0.3, -0.25) is 4.79 Å². The highest BCUT2D eigenvalue weighted by molar-refractivity contribution is 6.30. The monoisotopic (exact) mass is 308 g/mol. The topological polar surface area (TPSA) is 75.3 Å². The van der Waals surface area contributed by atoms with Crippen LogP contribution in [-0.2, 0) is 0 Å². The minimum atomic E-state index is -0.898. The predicted octanol–water partition coefficient (Wildman–Crippen LogP) is 2.52. The normalized spacial score (nSPS) is 12.0. The van der Waals surface area contributed by atoms with Gasteiger partial charge in [-0.05, 0) is 35.9 Å². The fourth-order valence-corrected chi connectivity index (χ4v) is 1.95. The Balaban J connectivity index is 1.99. The first-order chi connectivity index (χ1) is 9.97. The maximum absolute atomic E-state index is 13.6. The number of benzene rings is 2. The van der Waals surface area contributed by atoms with E-state index < -0.39 is 17.8 Å². The summed E-state index contributed by atoms with van der Waals surface area (Å²) in [6.07, 6.45) is -0.898. The molecule has 0 aliphatic rings. The Hall–Kier alpha value is -2.11. The maximum Gasteiger partial charge on any atom is 0.254 e. The fraction of sp³-hybridized carbons (Fsp3) is 0.133. The van der Waals surface area contributed by atoms with Crippen LogP contribution in [0.4, 0.5) is 10.1 Å². The lowest BCUT2D eigenvalue weighted by atomic mass is 10.1. The van der Waals surface area contributed by atoms with Crippen LogP contribution >= 0.6 is 11.6 Å². The number of aliphatic hydroxyl groups excluding tert-OH is 1. The third-order valence-corrected chi connectivity index (χ3v) is 3.19. The molecular weight excluding hydrogens is 295 g/mol. The molecule has 4 N–H and O–H groups in total. The van der Waals surface area contributed by atoms with Crippen LogP contribution < -0.4 is 11.1 Å². The Morgan fingerprint density at radius 2 is 1.95 bits per heavy atom. The Morgan fingerprint density at radius 3 is 2.57 bits per heavy atom. The standard InChI is InChI=1S/C15H14ClFN2O2/c16-10-3-6-12(13(17)7-10)15(21)19-8-14(20)9-1-4-11(18)5-2-9/h1-7,14,20H,8,18H2,(H,19,21). The number of aliphatic hydroxyl groups is 1. The van der Waals surface area contributed by atoms with Crippen LogP contribution in [-0.4, -0.2) is 17.6 Å².